The van der Waals surface area contributed by atoms with Crippen molar-refractivity contribution >= 4 is 11.4 Å². The molecule has 0 saturated carbocycles. The third kappa shape index (κ3) is 1.04. The van der Waals surface area contributed by atoms with Gasteiger partial charge in [0, 0.05) is 17.3 Å². The van der Waals surface area contributed by atoms with Crippen molar-refractivity contribution in [1.29, 1.82) is 0 Å². The zero-order chi connectivity index (χ0) is 8.77. The summed E-state index contributed by atoms with van der Waals surface area (Å²) in [5.41, 5.74) is 3.29. The van der Waals surface area contributed by atoms with E-state index >= 15 is 0 Å². The third-order valence-electron chi connectivity index (χ3n) is 1.99. The molecular weight excluding hydrogens is 148 g/mol. The molecule has 0 aromatic carbocycles. The van der Waals surface area contributed by atoms with E-state index in [9.17, 15) is 0 Å². The first-order valence-corrected chi connectivity index (χ1v) is 4.13. The Balaban J connectivity index is 2.37. The summed E-state index contributed by atoms with van der Waals surface area (Å²) in [5, 5.41) is 0. The molecule has 0 saturated heterocycles. The molecule has 0 atom stereocenters. The molecule has 0 fully saturated rings. The fraction of sp³-hybridized carbons (Fsp3) is 0.400. The minimum Gasteiger partial charge on any atom is -0.254 e. The molecule has 0 radical (unpaired) electrons. The zero-order valence-corrected chi connectivity index (χ0v) is 7.63. The van der Waals surface area contributed by atoms with Crippen LogP contribution in [0.1, 0.15) is 20.8 Å². The number of hydrogen-bond donors (Lipinski definition) is 0. The van der Waals surface area contributed by atoms with Gasteiger partial charge in [-0.25, -0.2) is 0 Å². The van der Waals surface area contributed by atoms with E-state index in [0.29, 0.717) is 0 Å². The fourth-order valence-electron chi connectivity index (χ4n) is 1.22. The molecule has 0 unspecified atom stereocenters. The van der Waals surface area contributed by atoms with Gasteiger partial charge in [0.2, 0.25) is 0 Å². The van der Waals surface area contributed by atoms with Crippen LogP contribution < -0.4 is 0 Å². The number of allylic oxidation sites excluding steroid dienone is 3. The second-order valence-corrected chi connectivity index (χ2v) is 4.11. The Kier molecular flexibility index (Phi) is 1.34. The molecule has 0 bridgehead atoms. The van der Waals surface area contributed by atoms with E-state index in [4.69, 9.17) is 0 Å². The van der Waals surface area contributed by atoms with Crippen molar-refractivity contribution in [1.82, 2.24) is 0 Å². The Labute approximate surface area is 72.4 Å². The minimum atomic E-state index is 0.133. The third-order valence-corrected chi connectivity index (χ3v) is 1.99. The molecule has 2 rings (SSSR count). The van der Waals surface area contributed by atoms with E-state index in [1.807, 2.05) is 6.08 Å². The van der Waals surface area contributed by atoms with Crippen LogP contribution in [0.2, 0.25) is 0 Å². The molecular formula is C10H12N2. The fourth-order valence-corrected chi connectivity index (χ4v) is 1.22. The van der Waals surface area contributed by atoms with Crippen LogP contribution in [0.5, 0.6) is 0 Å². The lowest BCUT2D eigenvalue weighted by Crippen LogP contribution is -2.06. The smallest absolute Gasteiger partial charge is 0.0905 e. The van der Waals surface area contributed by atoms with E-state index in [2.05, 4.69) is 36.8 Å². The van der Waals surface area contributed by atoms with Gasteiger partial charge in [0.05, 0.1) is 11.4 Å². The molecule has 12 heavy (non-hydrogen) atoms. The van der Waals surface area contributed by atoms with Gasteiger partial charge in [-0.2, -0.15) is 0 Å². The predicted octanol–water partition coefficient (Wildman–Crippen LogP) is 2.34. The number of rotatable bonds is 0. The van der Waals surface area contributed by atoms with E-state index < -0.39 is 0 Å². The normalized spacial score (nSPS) is 20.4. The van der Waals surface area contributed by atoms with Crippen LogP contribution in [0.3, 0.4) is 0 Å². The monoisotopic (exact) mass is 160 g/mol. The minimum absolute atomic E-state index is 0.133. The number of fused-ring (bicyclic) bond motifs is 1. The average molecular weight is 160 g/mol. The number of aliphatic imine (C=N–C) groups is 2. The quantitative estimate of drug-likeness (QED) is 0.519. The van der Waals surface area contributed by atoms with Crippen molar-refractivity contribution in [3.63, 3.8) is 0 Å². The number of hydrogen-bond acceptors (Lipinski definition) is 2. The first-order chi connectivity index (χ1) is 5.57. The Morgan fingerprint density at radius 1 is 1.17 bits per heavy atom. The summed E-state index contributed by atoms with van der Waals surface area (Å²) < 4.78 is 0. The molecule has 0 aliphatic carbocycles. The van der Waals surface area contributed by atoms with Gasteiger partial charge in [0.15, 0.2) is 0 Å². The summed E-state index contributed by atoms with van der Waals surface area (Å²) in [6, 6.07) is 0. The molecule has 0 aromatic heterocycles. The molecule has 0 aromatic rings. The standard InChI is InChI=1S/C10H12N2/c1-10(2,3)9-6-8-7(12-9)4-5-11-8/h4-6H,1-3H3. The maximum absolute atomic E-state index is 4.48. The maximum Gasteiger partial charge on any atom is 0.0905 e. The molecule has 2 aliphatic rings. The van der Waals surface area contributed by atoms with Gasteiger partial charge in [-0.3, -0.25) is 9.98 Å². The van der Waals surface area contributed by atoms with Crippen molar-refractivity contribution in [2.24, 2.45) is 15.4 Å². The van der Waals surface area contributed by atoms with Gasteiger partial charge in [-0.05, 0) is 12.2 Å². The van der Waals surface area contributed by atoms with Crippen LogP contribution in [-0.4, -0.2) is 11.4 Å². The summed E-state index contributed by atoms with van der Waals surface area (Å²) in [6.07, 6.45) is 5.81. The van der Waals surface area contributed by atoms with Crippen LogP contribution in [-0.2, 0) is 0 Å². The zero-order valence-electron chi connectivity index (χ0n) is 7.63. The first kappa shape index (κ1) is 7.47. The molecule has 0 spiro atoms. The van der Waals surface area contributed by atoms with Gasteiger partial charge < -0.3 is 0 Å². The van der Waals surface area contributed by atoms with Crippen molar-refractivity contribution in [2.45, 2.75) is 20.8 Å². The van der Waals surface area contributed by atoms with Gasteiger partial charge in [-0.1, -0.05) is 20.8 Å². The molecule has 2 heteroatoms. The van der Waals surface area contributed by atoms with E-state index in [0.717, 1.165) is 17.1 Å². The van der Waals surface area contributed by atoms with Crippen molar-refractivity contribution in [3.8, 4) is 0 Å². The van der Waals surface area contributed by atoms with E-state index in [1.165, 1.54) is 0 Å². The summed E-state index contributed by atoms with van der Waals surface area (Å²) in [5.74, 6) is 0. The van der Waals surface area contributed by atoms with Gasteiger partial charge >= 0.3 is 0 Å². The predicted molar refractivity (Wildman–Crippen MR) is 51.5 cm³/mol. The molecule has 62 valence electrons. The molecule has 2 aliphatic heterocycles. The largest absolute Gasteiger partial charge is 0.254 e. The van der Waals surface area contributed by atoms with Crippen LogP contribution in [0.25, 0.3) is 0 Å². The lowest BCUT2D eigenvalue weighted by molar-refractivity contribution is 0.500. The molecule has 0 amide bonds. The maximum atomic E-state index is 4.48. The Bertz CT molecular complexity index is 335. The van der Waals surface area contributed by atoms with Crippen LogP contribution >= 0.6 is 0 Å². The second kappa shape index (κ2) is 2.16. The summed E-state index contributed by atoms with van der Waals surface area (Å²) in [6.45, 7) is 6.48. The Hall–Kier alpha value is -1.18. The van der Waals surface area contributed by atoms with Crippen LogP contribution in [0.4, 0.5) is 0 Å². The van der Waals surface area contributed by atoms with Gasteiger partial charge in [0.25, 0.3) is 0 Å². The highest BCUT2D eigenvalue weighted by atomic mass is 14.9. The summed E-state index contributed by atoms with van der Waals surface area (Å²) in [7, 11) is 0. The first-order valence-electron chi connectivity index (χ1n) is 4.13. The molecule has 2 nitrogen and oxygen atoms in total. The summed E-state index contributed by atoms with van der Waals surface area (Å²) in [4.78, 5) is 8.67. The van der Waals surface area contributed by atoms with E-state index in [-0.39, 0.29) is 5.41 Å². The second-order valence-electron chi connectivity index (χ2n) is 4.11. The summed E-state index contributed by atoms with van der Waals surface area (Å²) >= 11 is 0. The van der Waals surface area contributed by atoms with E-state index in [1.54, 1.807) is 6.20 Å². The topological polar surface area (TPSA) is 24.7 Å². The highest BCUT2D eigenvalue weighted by molar-refractivity contribution is 6.53. The highest BCUT2D eigenvalue weighted by Gasteiger charge is 2.24. The molecule has 0 N–H and O–H groups in total. The van der Waals surface area contributed by atoms with Crippen molar-refractivity contribution < 1.29 is 0 Å². The lowest BCUT2D eigenvalue weighted by atomic mass is 9.92. The molecule has 2 heterocycles. The van der Waals surface area contributed by atoms with Gasteiger partial charge in [0.1, 0.15) is 0 Å². The average Bonchev–Trinajstić information content (AvgIpc) is 2.37. The van der Waals surface area contributed by atoms with Crippen molar-refractivity contribution in [3.05, 3.63) is 24.0 Å². The Morgan fingerprint density at radius 2 is 1.92 bits per heavy atom. The highest BCUT2D eigenvalue weighted by Crippen LogP contribution is 2.30. The van der Waals surface area contributed by atoms with Crippen LogP contribution in [0.15, 0.2) is 34.0 Å². The lowest BCUT2D eigenvalue weighted by Gasteiger charge is -2.16. The Morgan fingerprint density at radius 3 is 2.50 bits per heavy atom. The van der Waals surface area contributed by atoms with Crippen LogP contribution in [0, 0.1) is 5.41 Å². The SMILES string of the molecule is CC(C)(C)C1=CC2=NC=CC2=N1. The van der Waals surface area contributed by atoms with Gasteiger partial charge in [-0.15, -0.1) is 0 Å². The number of nitrogens with zero attached hydrogens (tertiary/aromatic N) is 2. The van der Waals surface area contributed by atoms with Crippen molar-refractivity contribution in [2.75, 3.05) is 0 Å².